The Hall–Kier alpha value is -2.09. The molecule has 1 saturated heterocycles. The number of imide groups is 1. The van der Waals surface area contributed by atoms with Gasteiger partial charge in [-0.3, -0.25) is 14.9 Å². The monoisotopic (exact) mass is 400 g/mol. The van der Waals surface area contributed by atoms with Crippen molar-refractivity contribution in [2.24, 2.45) is 0 Å². The first-order chi connectivity index (χ1) is 12.4. The Morgan fingerprint density at radius 3 is 2.69 bits per heavy atom. The first-order valence-corrected chi connectivity index (χ1v) is 8.59. The fourth-order valence-electron chi connectivity index (χ4n) is 2.43. The van der Waals surface area contributed by atoms with Crippen LogP contribution in [-0.2, 0) is 19.1 Å². The summed E-state index contributed by atoms with van der Waals surface area (Å²) in [5.41, 5.74) is 0.131. The number of esters is 1. The number of nitrogens with zero attached hydrogens (tertiary/aromatic N) is 1. The van der Waals surface area contributed by atoms with Crippen molar-refractivity contribution in [1.29, 1.82) is 0 Å². The summed E-state index contributed by atoms with van der Waals surface area (Å²) in [5.74, 6) is -1.13. The molecular formula is C17H18Cl2N2O5. The Labute approximate surface area is 160 Å². The van der Waals surface area contributed by atoms with E-state index in [2.05, 4.69) is 0 Å². The number of carbonyl (C=O) groups excluding carboxylic acids is 3. The summed E-state index contributed by atoms with van der Waals surface area (Å²) in [4.78, 5) is 35.2. The normalized spacial score (nSPS) is 19.3. The second-order valence-corrected chi connectivity index (χ2v) is 6.41. The number of rotatable bonds is 7. The highest BCUT2D eigenvalue weighted by Gasteiger charge is 2.28. The minimum Gasteiger partial charge on any atom is -0.459 e. The Balaban J connectivity index is 1.83. The molecule has 140 valence electrons. The van der Waals surface area contributed by atoms with Crippen molar-refractivity contribution >= 4 is 41.5 Å². The van der Waals surface area contributed by atoms with E-state index in [1.54, 1.807) is 30.1 Å². The quantitative estimate of drug-likeness (QED) is 0.429. The van der Waals surface area contributed by atoms with Gasteiger partial charge in [-0.05, 0) is 25.0 Å². The molecule has 0 bridgehead atoms. The first kappa shape index (κ1) is 20.2. The van der Waals surface area contributed by atoms with Gasteiger partial charge in [0.05, 0.1) is 21.7 Å². The predicted octanol–water partition coefficient (Wildman–Crippen LogP) is 2.37. The van der Waals surface area contributed by atoms with Crippen LogP contribution in [-0.4, -0.2) is 49.2 Å². The Kier molecular flexibility index (Phi) is 7.44. The zero-order chi connectivity index (χ0) is 19.1. The molecule has 1 aliphatic heterocycles. The largest absolute Gasteiger partial charge is 0.459 e. The van der Waals surface area contributed by atoms with Gasteiger partial charge in [-0.15, -0.1) is 0 Å². The first-order valence-electron chi connectivity index (χ1n) is 7.83. The maximum absolute atomic E-state index is 12.2. The summed E-state index contributed by atoms with van der Waals surface area (Å²) in [7, 11) is 1.74. The van der Waals surface area contributed by atoms with Gasteiger partial charge in [-0.1, -0.05) is 29.3 Å². The molecule has 2 amide bonds. The molecule has 1 N–H and O–H groups in total. The van der Waals surface area contributed by atoms with Crippen LogP contribution in [0.2, 0.25) is 10.0 Å². The number of hydrogen-bond donors (Lipinski definition) is 1. The summed E-state index contributed by atoms with van der Waals surface area (Å²) in [6, 6.07) is 4.77. The van der Waals surface area contributed by atoms with E-state index in [1.165, 1.54) is 12.3 Å². The maximum Gasteiger partial charge on any atom is 0.341 e. The van der Waals surface area contributed by atoms with Gasteiger partial charge in [0.15, 0.2) is 0 Å². The van der Waals surface area contributed by atoms with Crippen LogP contribution in [0.1, 0.15) is 23.2 Å². The number of hydrogen-bond acceptors (Lipinski definition) is 6. The molecule has 7 nitrogen and oxygen atoms in total. The van der Waals surface area contributed by atoms with Crippen LogP contribution < -0.4 is 5.32 Å². The summed E-state index contributed by atoms with van der Waals surface area (Å²) < 4.78 is 11.1. The molecule has 0 aromatic heterocycles. The van der Waals surface area contributed by atoms with Crippen molar-refractivity contribution in [1.82, 2.24) is 10.2 Å². The molecule has 9 heteroatoms. The van der Waals surface area contributed by atoms with E-state index >= 15 is 0 Å². The lowest BCUT2D eigenvalue weighted by atomic mass is 10.2. The zero-order valence-electron chi connectivity index (χ0n) is 14.0. The lowest BCUT2D eigenvalue weighted by Gasteiger charge is -2.22. The van der Waals surface area contributed by atoms with E-state index in [1.807, 2.05) is 5.32 Å². The second-order valence-electron chi connectivity index (χ2n) is 5.59. The van der Waals surface area contributed by atoms with E-state index in [-0.39, 0.29) is 34.5 Å². The Bertz CT molecular complexity index is 690. The van der Waals surface area contributed by atoms with Gasteiger partial charge in [-0.25, -0.2) is 4.79 Å². The summed E-state index contributed by atoms with van der Waals surface area (Å²) in [6.07, 6.45) is 3.91. The van der Waals surface area contributed by atoms with Crippen LogP contribution in [0.4, 0.5) is 0 Å². The average Bonchev–Trinajstić information content (AvgIpc) is 3.07. The van der Waals surface area contributed by atoms with Crippen LogP contribution in [0.5, 0.6) is 0 Å². The lowest BCUT2D eigenvalue weighted by Crippen LogP contribution is -2.29. The third-order valence-corrected chi connectivity index (χ3v) is 4.40. The lowest BCUT2D eigenvalue weighted by molar-refractivity contribution is -0.121. The predicted molar refractivity (Wildman–Crippen MR) is 95.7 cm³/mol. The minimum atomic E-state index is -0.605. The fraction of sp³-hybridized carbons (Fsp3) is 0.353. The van der Waals surface area contributed by atoms with Gasteiger partial charge in [0.25, 0.3) is 5.91 Å². The molecule has 0 spiro atoms. The highest BCUT2D eigenvalue weighted by atomic mass is 35.5. The van der Waals surface area contributed by atoms with Gasteiger partial charge >= 0.3 is 5.97 Å². The molecule has 2 unspecified atom stereocenters. The standard InChI is InChI=1S/C17H18Cl2N2O5/c1-21(8-7-14(23)20-10-22)15-6-5-11(26-15)9-25-17(24)16-12(18)3-2-4-13(16)19/h2-4,7-8,10-11,15H,5-6,9H2,1H3,(H,20,22,23)/b8-7-. The molecule has 1 aliphatic rings. The minimum absolute atomic E-state index is 0.0695. The Morgan fingerprint density at radius 1 is 1.35 bits per heavy atom. The highest BCUT2D eigenvalue weighted by Crippen LogP contribution is 2.26. The van der Waals surface area contributed by atoms with Crippen molar-refractivity contribution in [3.05, 3.63) is 46.1 Å². The van der Waals surface area contributed by atoms with E-state index in [0.717, 1.165) is 0 Å². The second kappa shape index (κ2) is 9.56. The molecule has 0 radical (unpaired) electrons. The SMILES string of the molecule is CN(/C=C\C(=O)NC=O)C1CCC(COC(=O)c2c(Cl)cccc2Cl)O1. The van der Waals surface area contributed by atoms with Crippen LogP contribution in [0.25, 0.3) is 0 Å². The maximum atomic E-state index is 12.2. The molecular weight excluding hydrogens is 383 g/mol. The van der Waals surface area contributed by atoms with Crippen LogP contribution in [0, 0.1) is 0 Å². The van der Waals surface area contributed by atoms with Crippen LogP contribution >= 0.6 is 23.2 Å². The molecule has 1 fully saturated rings. The van der Waals surface area contributed by atoms with Gasteiger partial charge < -0.3 is 14.4 Å². The van der Waals surface area contributed by atoms with E-state index in [4.69, 9.17) is 32.7 Å². The smallest absolute Gasteiger partial charge is 0.341 e. The van der Waals surface area contributed by atoms with Gasteiger partial charge in [0.2, 0.25) is 6.41 Å². The number of halogens is 2. The molecule has 2 atom stereocenters. The average molecular weight is 401 g/mol. The molecule has 2 rings (SSSR count). The van der Waals surface area contributed by atoms with Crippen LogP contribution in [0.3, 0.4) is 0 Å². The number of amides is 2. The van der Waals surface area contributed by atoms with Crippen molar-refractivity contribution in [3.8, 4) is 0 Å². The van der Waals surface area contributed by atoms with Gasteiger partial charge in [0, 0.05) is 19.3 Å². The third-order valence-electron chi connectivity index (χ3n) is 3.77. The number of benzene rings is 1. The Morgan fingerprint density at radius 2 is 2.04 bits per heavy atom. The van der Waals surface area contributed by atoms with E-state index in [0.29, 0.717) is 19.3 Å². The number of nitrogens with one attached hydrogen (secondary N) is 1. The zero-order valence-corrected chi connectivity index (χ0v) is 15.5. The molecule has 0 saturated carbocycles. The molecule has 1 heterocycles. The van der Waals surface area contributed by atoms with Crippen molar-refractivity contribution < 1.29 is 23.9 Å². The molecule has 1 aromatic rings. The topological polar surface area (TPSA) is 84.9 Å². The summed E-state index contributed by atoms with van der Waals surface area (Å²) >= 11 is 12.0. The van der Waals surface area contributed by atoms with Crippen LogP contribution in [0.15, 0.2) is 30.5 Å². The molecule has 0 aliphatic carbocycles. The summed E-state index contributed by atoms with van der Waals surface area (Å²) in [6.45, 7) is 0.0695. The number of carbonyl (C=O) groups is 3. The fourth-order valence-corrected chi connectivity index (χ4v) is 2.98. The van der Waals surface area contributed by atoms with Crippen molar-refractivity contribution in [3.63, 3.8) is 0 Å². The van der Waals surface area contributed by atoms with E-state index < -0.39 is 11.9 Å². The van der Waals surface area contributed by atoms with E-state index in [9.17, 15) is 14.4 Å². The van der Waals surface area contributed by atoms with Gasteiger partial charge in [-0.2, -0.15) is 0 Å². The summed E-state index contributed by atoms with van der Waals surface area (Å²) in [5, 5.41) is 2.46. The number of ether oxygens (including phenoxy) is 2. The van der Waals surface area contributed by atoms with Gasteiger partial charge in [0.1, 0.15) is 12.8 Å². The van der Waals surface area contributed by atoms with Crippen molar-refractivity contribution in [2.75, 3.05) is 13.7 Å². The molecule has 26 heavy (non-hydrogen) atoms. The third kappa shape index (κ3) is 5.45. The van der Waals surface area contributed by atoms with Crippen molar-refractivity contribution in [2.45, 2.75) is 25.2 Å². The highest BCUT2D eigenvalue weighted by molar-refractivity contribution is 6.39. The molecule has 1 aromatic carbocycles.